The molecule has 0 unspecified atom stereocenters. The van der Waals surface area contributed by atoms with Crippen LogP contribution in [0.4, 0.5) is 0 Å². The quantitative estimate of drug-likeness (QED) is 0.654. The van der Waals surface area contributed by atoms with E-state index >= 15 is 0 Å². The Bertz CT molecular complexity index is 73.8. The van der Waals surface area contributed by atoms with Crippen molar-refractivity contribution in [3.05, 3.63) is 0 Å². The van der Waals surface area contributed by atoms with Gasteiger partial charge in [0, 0.05) is 6.04 Å². The van der Waals surface area contributed by atoms with Gasteiger partial charge in [-0.3, -0.25) is 0 Å². The maximum atomic E-state index is 5.67. The first-order chi connectivity index (χ1) is 5.70. The summed E-state index contributed by atoms with van der Waals surface area (Å²) in [4.78, 5) is 2.32. The van der Waals surface area contributed by atoms with Crippen LogP contribution >= 0.6 is 0 Å². The molecule has 1 rings (SSSR count). The molecule has 0 aromatic carbocycles. The van der Waals surface area contributed by atoms with Crippen LogP contribution in [0.3, 0.4) is 0 Å². The predicted octanol–water partition coefficient (Wildman–Crippen LogP) is 1.85. The maximum Gasteiger partial charge on any atom is 0.00631 e. The van der Waals surface area contributed by atoms with Gasteiger partial charge in [-0.15, -0.1) is 0 Å². The minimum Gasteiger partial charge on any atom is -0.328 e. The molecule has 1 saturated heterocycles. The van der Waals surface area contributed by atoms with Gasteiger partial charge < -0.3 is 10.6 Å². The molecule has 0 aliphatic carbocycles. The Labute approximate surface area is 77.1 Å². The second-order valence-electron chi connectivity index (χ2n) is 3.64. The first-order valence-corrected chi connectivity index (χ1v) is 5.14. The zero-order valence-electron chi connectivity index (χ0n) is 8.84. The van der Waals surface area contributed by atoms with Gasteiger partial charge in [0.25, 0.3) is 0 Å². The van der Waals surface area contributed by atoms with Crippen molar-refractivity contribution in [2.24, 2.45) is 5.73 Å². The van der Waals surface area contributed by atoms with E-state index in [1.165, 1.54) is 38.8 Å². The van der Waals surface area contributed by atoms with Crippen molar-refractivity contribution in [3.8, 4) is 0 Å². The van der Waals surface area contributed by atoms with Gasteiger partial charge in [-0.2, -0.15) is 0 Å². The normalized spacial score (nSPS) is 20.0. The molecule has 0 atom stereocenters. The molecule has 12 heavy (non-hydrogen) atoms. The molecule has 1 aliphatic rings. The van der Waals surface area contributed by atoms with Crippen LogP contribution in [0, 0.1) is 0 Å². The Hall–Kier alpha value is -0.0800. The highest BCUT2D eigenvalue weighted by atomic mass is 15.1. The van der Waals surface area contributed by atoms with Crippen LogP contribution in [-0.2, 0) is 0 Å². The van der Waals surface area contributed by atoms with E-state index in [1.807, 2.05) is 0 Å². The molecule has 1 fully saturated rings. The summed E-state index contributed by atoms with van der Waals surface area (Å²) in [5.41, 5.74) is 5.67. The molecule has 1 heterocycles. The standard InChI is InChI=1S/C6H14N2.C4H10/c1-8-4-2-6(7)3-5-8;1-3-4-2/h6H,2-5,7H2,1H3;3-4H2,1-2H3. The predicted molar refractivity (Wildman–Crippen MR) is 55.3 cm³/mol. The zero-order valence-corrected chi connectivity index (χ0v) is 8.84. The summed E-state index contributed by atoms with van der Waals surface area (Å²) in [7, 11) is 2.14. The number of likely N-dealkylation sites (tertiary alicyclic amines) is 1. The second-order valence-corrected chi connectivity index (χ2v) is 3.64. The van der Waals surface area contributed by atoms with Gasteiger partial charge in [0.05, 0.1) is 0 Å². The highest BCUT2D eigenvalue weighted by molar-refractivity contribution is 4.70. The smallest absolute Gasteiger partial charge is 0.00631 e. The summed E-state index contributed by atoms with van der Waals surface area (Å²) in [6, 6.07) is 0.478. The summed E-state index contributed by atoms with van der Waals surface area (Å²) in [6.45, 7) is 6.72. The van der Waals surface area contributed by atoms with Crippen molar-refractivity contribution >= 4 is 0 Å². The molecule has 0 aromatic rings. The zero-order chi connectivity index (χ0) is 9.40. The van der Waals surface area contributed by atoms with Crippen LogP contribution in [0.1, 0.15) is 39.5 Å². The molecule has 0 aromatic heterocycles. The molecular weight excluding hydrogens is 148 g/mol. The van der Waals surface area contributed by atoms with E-state index in [4.69, 9.17) is 5.73 Å². The lowest BCUT2D eigenvalue weighted by atomic mass is 10.1. The van der Waals surface area contributed by atoms with Crippen molar-refractivity contribution in [3.63, 3.8) is 0 Å². The number of rotatable bonds is 1. The molecular formula is C10H24N2. The van der Waals surface area contributed by atoms with E-state index < -0.39 is 0 Å². The Kier molecular flexibility index (Phi) is 7.51. The summed E-state index contributed by atoms with van der Waals surface area (Å²) in [5.74, 6) is 0. The van der Waals surface area contributed by atoms with Crippen molar-refractivity contribution in [1.82, 2.24) is 4.90 Å². The lowest BCUT2D eigenvalue weighted by Gasteiger charge is -2.25. The number of nitrogens with zero attached hydrogens (tertiary/aromatic N) is 1. The summed E-state index contributed by atoms with van der Waals surface area (Å²) >= 11 is 0. The van der Waals surface area contributed by atoms with Crippen molar-refractivity contribution in [2.45, 2.75) is 45.6 Å². The summed E-state index contributed by atoms with van der Waals surface area (Å²) in [5, 5.41) is 0. The van der Waals surface area contributed by atoms with Crippen LogP contribution in [0.15, 0.2) is 0 Å². The van der Waals surface area contributed by atoms with Crippen LogP contribution < -0.4 is 5.73 Å². The average molecular weight is 172 g/mol. The first-order valence-electron chi connectivity index (χ1n) is 5.14. The molecule has 2 nitrogen and oxygen atoms in total. The molecule has 0 saturated carbocycles. The second kappa shape index (κ2) is 7.56. The number of hydrogen-bond donors (Lipinski definition) is 1. The monoisotopic (exact) mass is 172 g/mol. The minimum atomic E-state index is 0.478. The lowest BCUT2D eigenvalue weighted by molar-refractivity contribution is 0.256. The third-order valence-corrected chi connectivity index (χ3v) is 2.26. The number of unbranched alkanes of at least 4 members (excludes halogenated alkanes) is 1. The SMILES string of the molecule is CCCC.CN1CCC(N)CC1. The molecule has 1 aliphatic heterocycles. The van der Waals surface area contributed by atoms with E-state index in [9.17, 15) is 0 Å². The summed E-state index contributed by atoms with van der Waals surface area (Å²) < 4.78 is 0. The Morgan fingerprint density at radius 2 is 1.58 bits per heavy atom. The third kappa shape index (κ3) is 6.62. The topological polar surface area (TPSA) is 29.3 Å². The van der Waals surface area contributed by atoms with Gasteiger partial charge in [-0.05, 0) is 33.0 Å². The highest BCUT2D eigenvalue weighted by Gasteiger charge is 2.10. The largest absolute Gasteiger partial charge is 0.328 e. The van der Waals surface area contributed by atoms with Gasteiger partial charge in [0.15, 0.2) is 0 Å². The molecule has 74 valence electrons. The molecule has 0 amide bonds. The molecule has 0 radical (unpaired) electrons. The van der Waals surface area contributed by atoms with Crippen molar-refractivity contribution < 1.29 is 0 Å². The highest BCUT2D eigenvalue weighted by Crippen LogP contribution is 2.04. The summed E-state index contributed by atoms with van der Waals surface area (Å²) in [6.07, 6.45) is 4.99. The molecule has 0 spiro atoms. The van der Waals surface area contributed by atoms with Crippen LogP contribution in [-0.4, -0.2) is 31.1 Å². The van der Waals surface area contributed by atoms with Gasteiger partial charge in [0.2, 0.25) is 0 Å². The fourth-order valence-electron chi connectivity index (χ4n) is 1.03. The van der Waals surface area contributed by atoms with Gasteiger partial charge >= 0.3 is 0 Å². The Balaban J connectivity index is 0.000000261. The maximum absolute atomic E-state index is 5.67. The molecule has 0 bridgehead atoms. The van der Waals surface area contributed by atoms with Crippen molar-refractivity contribution in [2.75, 3.05) is 20.1 Å². The Morgan fingerprint density at radius 3 is 1.83 bits per heavy atom. The van der Waals surface area contributed by atoms with Crippen molar-refractivity contribution in [1.29, 1.82) is 0 Å². The van der Waals surface area contributed by atoms with Crippen LogP contribution in [0.2, 0.25) is 0 Å². The van der Waals surface area contributed by atoms with E-state index in [0.29, 0.717) is 6.04 Å². The van der Waals surface area contributed by atoms with E-state index in [0.717, 1.165) is 0 Å². The van der Waals surface area contributed by atoms with Gasteiger partial charge in [0.1, 0.15) is 0 Å². The van der Waals surface area contributed by atoms with Crippen LogP contribution in [0.25, 0.3) is 0 Å². The first kappa shape index (κ1) is 11.9. The number of piperidine rings is 1. The van der Waals surface area contributed by atoms with E-state index in [-0.39, 0.29) is 0 Å². The van der Waals surface area contributed by atoms with E-state index in [2.05, 4.69) is 25.8 Å². The minimum absolute atomic E-state index is 0.478. The number of hydrogen-bond acceptors (Lipinski definition) is 2. The average Bonchev–Trinajstić information content (AvgIpc) is 2.11. The van der Waals surface area contributed by atoms with Gasteiger partial charge in [-0.1, -0.05) is 26.7 Å². The molecule has 2 N–H and O–H groups in total. The fraction of sp³-hybridized carbons (Fsp3) is 1.00. The van der Waals surface area contributed by atoms with Crippen LogP contribution in [0.5, 0.6) is 0 Å². The molecule has 2 heteroatoms. The Morgan fingerprint density at radius 1 is 1.17 bits per heavy atom. The van der Waals surface area contributed by atoms with E-state index in [1.54, 1.807) is 0 Å². The number of nitrogens with two attached hydrogens (primary N) is 1. The fourth-order valence-corrected chi connectivity index (χ4v) is 1.03. The third-order valence-electron chi connectivity index (χ3n) is 2.26. The lowest BCUT2D eigenvalue weighted by Crippen LogP contribution is -2.37. The van der Waals surface area contributed by atoms with Gasteiger partial charge in [-0.25, -0.2) is 0 Å².